The van der Waals surface area contributed by atoms with Gasteiger partial charge in [-0.15, -0.1) is 0 Å². The van der Waals surface area contributed by atoms with Gasteiger partial charge in [0.05, 0.1) is 18.4 Å². The van der Waals surface area contributed by atoms with E-state index < -0.39 is 11.6 Å². The standard InChI is InChI=1S/C19H24N2O6/c1-19(2,3)27-18(23)21-7-5-11(6-8-21)12-9-13(17(22)24-4)14(20)16-15(12)25-10-26-16/h5,9H,6-8,10,20H2,1-4H3. The van der Waals surface area contributed by atoms with E-state index in [1.807, 2.05) is 26.8 Å². The lowest BCUT2D eigenvalue weighted by Crippen LogP contribution is -2.39. The van der Waals surface area contributed by atoms with Gasteiger partial charge in [-0.25, -0.2) is 9.59 Å². The van der Waals surface area contributed by atoms with Gasteiger partial charge in [-0.05, 0) is 38.8 Å². The molecule has 2 aliphatic heterocycles. The number of hydrogen-bond acceptors (Lipinski definition) is 7. The zero-order valence-corrected chi connectivity index (χ0v) is 16.0. The average molecular weight is 376 g/mol. The van der Waals surface area contributed by atoms with Crippen molar-refractivity contribution in [1.82, 2.24) is 4.90 Å². The minimum absolute atomic E-state index is 0.0362. The number of esters is 1. The molecule has 8 heteroatoms. The van der Waals surface area contributed by atoms with E-state index in [9.17, 15) is 9.59 Å². The highest BCUT2D eigenvalue weighted by Gasteiger charge is 2.30. The first-order valence-electron chi connectivity index (χ1n) is 8.69. The van der Waals surface area contributed by atoms with E-state index in [0.29, 0.717) is 31.0 Å². The third kappa shape index (κ3) is 3.79. The SMILES string of the molecule is COC(=O)c1cc(C2=CCN(C(=O)OC(C)(C)C)CC2)c2c(c1N)OCO2. The second-order valence-corrected chi connectivity index (χ2v) is 7.35. The minimum atomic E-state index is -0.543. The lowest BCUT2D eigenvalue weighted by Gasteiger charge is -2.30. The molecule has 0 saturated carbocycles. The van der Waals surface area contributed by atoms with Crippen molar-refractivity contribution in [3.63, 3.8) is 0 Å². The second kappa shape index (κ2) is 7.02. The number of nitrogen functional groups attached to an aromatic ring is 1. The molecule has 0 spiro atoms. The summed E-state index contributed by atoms with van der Waals surface area (Å²) in [7, 11) is 1.30. The number of methoxy groups -OCH3 is 1. The number of rotatable bonds is 2. The van der Waals surface area contributed by atoms with E-state index in [0.717, 1.165) is 11.1 Å². The van der Waals surface area contributed by atoms with Gasteiger partial charge in [0.15, 0.2) is 11.5 Å². The molecular weight excluding hydrogens is 352 g/mol. The predicted molar refractivity (Wildman–Crippen MR) is 98.7 cm³/mol. The summed E-state index contributed by atoms with van der Waals surface area (Å²) in [4.78, 5) is 25.9. The van der Waals surface area contributed by atoms with Gasteiger partial charge in [0.1, 0.15) is 5.60 Å². The Morgan fingerprint density at radius 3 is 2.52 bits per heavy atom. The number of ether oxygens (including phenoxy) is 4. The number of hydrogen-bond donors (Lipinski definition) is 1. The number of amides is 1. The maximum Gasteiger partial charge on any atom is 0.410 e. The smallest absolute Gasteiger partial charge is 0.410 e. The van der Waals surface area contributed by atoms with Crippen LogP contribution in [-0.2, 0) is 9.47 Å². The van der Waals surface area contributed by atoms with Crippen LogP contribution in [0.15, 0.2) is 12.1 Å². The molecule has 1 aromatic carbocycles. The van der Waals surface area contributed by atoms with Gasteiger partial charge >= 0.3 is 12.1 Å². The molecule has 27 heavy (non-hydrogen) atoms. The molecule has 2 aliphatic rings. The Morgan fingerprint density at radius 2 is 1.93 bits per heavy atom. The molecule has 3 rings (SSSR count). The molecular formula is C19H24N2O6. The van der Waals surface area contributed by atoms with Crippen LogP contribution < -0.4 is 15.2 Å². The highest BCUT2D eigenvalue weighted by Crippen LogP contribution is 2.46. The molecule has 0 radical (unpaired) electrons. The van der Waals surface area contributed by atoms with Crippen LogP contribution >= 0.6 is 0 Å². The minimum Gasteiger partial charge on any atom is -0.465 e. The van der Waals surface area contributed by atoms with E-state index in [1.54, 1.807) is 11.0 Å². The van der Waals surface area contributed by atoms with Crippen LogP contribution in [0.2, 0.25) is 0 Å². The summed E-state index contributed by atoms with van der Waals surface area (Å²) >= 11 is 0. The van der Waals surface area contributed by atoms with Crippen LogP contribution in [0.1, 0.15) is 43.1 Å². The van der Waals surface area contributed by atoms with Crippen LogP contribution in [0.4, 0.5) is 10.5 Å². The fourth-order valence-electron chi connectivity index (χ4n) is 3.01. The Hall–Kier alpha value is -2.90. The number of anilines is 1. The van der Waals surface area contributed by atoms with Gasteiger partial charge in [0, 0.05) is 18.7 Å². The third-order valence-corrected chi connectivity index (χ3v) is 4.29. The summed E-state index contributed by atoms with van der Waals surface area (Å²) in [6.07, 6.45) is 2.15. The van der Waals surface area contributed by atoms with Crippen molar-refractivity contribution in [2.24, 2.45) is 0 Å². The Balaban J connectivity index is 1.88. The molecule has 1 aromatic rings. The van der Waals surface area contributed by atoms with Crippen LogP contribution in [0.25, 0.3) is 5.57 Å². The van der Waals surface area contributed by atoms with Crippen molar-refractivity contribution in [1.29, 1.82) is 0 Å². The maximum atomic E-state index is 12.2. The molecule has 0 bridgehead atoms. The lowest BCUT2D eigenvalue weighted by molar-refractivity contribution is 0.0270. The quantitative estimate of drug-likeness (QED) is 0.626. The fraction of sp³-hybridized carbons (Fsp3) is 0.474. The fourth-order valence-corrected chi connectivity index (χ4v) is 3.01. The predicted octanol–water partition coefficient (Wildman–Crippen LogP) is 2.81. The van der Waals surface area contributed by atoms with Crippen molar-refractivity contribution in [2.75, 3.05) is 32.7 Å². The molecule has 0 aliphatic carbocycles. The van der Waals surface area contributed by atoms with Crippen molar-refractivity contribution in [3.05, 3.63) is 23.3 Å². The molecule has 8 nitrogen and oxygen atoms in total. The highest BCUT2D eigenvalue weighted by atomic mass is 16.7. The first-order valence-corrected chi connectivity index (χ1v) is 8.69. The van der Waals surface area contributed by atoms with E-state index in [4.69, 9.17) is 24.7 Å². The maximum absolute atomic E-state index is 12.2. The topological polar surface area (TPSA) is 100 Å². The number of carbonyl (C=O) groups is 2. The Morgan fingerprint density at radius 1 is 1.22 bits per heavy atom. The van der Waals surface area contributed by atoms with Gasteiger partial charge in [0.2, 0.25) is 6.79 Å². The molecule has 2 heterocycles. The van der Waals surface area contributed by atoms with Gasteiger partial charge in [-0.2, -0.15) is 0 Å². The highest BCUT2D eigenvalue weighted by molar-refractivity contribution is 5.99. The Bertz CT molecular complexity index is 809. The van der Waals surface area contributed by atoms with Crippen molar-refractivity contribution in [3.8, 4) is 11.5 Å². The number of fused-ring (bicyclic) bond motifs is 1. The first-order chi connectivity index (χ1) is 12.7. The van der Waals surface area contributed by atoms with Gasteiger partial charge in [-0.1, -0.05) is 6.08 Å². The lowest BCUT2D eigenvalue weighted by atomic mass is 9.95. The van der Waals surface area contributed by atoms with Crippen LogP contribution in [-0.4, -0.2) is 49.6 Å². The monoisotopic (exact) mass is 376 g/mol. The summed E-state index contributed by atoms with van der Waals surface area (Å²) in [5, 5.41) is 0. The number of carbonyl (C=O) groups excluding carboxylic acids is 2. The van der Waals surface area contributed by atoms with Crippen molar-refractivity contribution >= 4 is 23.3 Å². The molecule has 1 amide bonds. The normalized spacial score (nSPS) is 16.0. The third-order valence-electron chi connectivity index (χ3n) is 4.29. The summed E-state index contributed by atoms with van der Waals surface area (Å²) in [5.74, 6) is 0.319. The number of nitrogens with two attached hydrogens (primary N) is 1. The zero-order chi connectivity index (χ0) is 19.8. The summed E-state index contributed by atoms with van der Waals surface area (Å²) in [6, 6.07) is 1.66. The van der Waals surface area contributed by atoms with E-state index in [2.05, 4.69) is 0 Å². The second-order valence-electron chi connectivity index (χ2n) is 7.35. The molecule has 0 unspecified atom stereocenters. The largest absolute Gasteiger partial charge is 0.465 e. The molecule has 0 aromatic heterocycles. The molecule has 0 atom stereocenters. The number of nitrogens with zero attached hydrogens (tertiary/aromatic N) is 1. The average Bonchev–Trinajstić information content (AvgIpc) is 3.10. The van der Waals surface area contributed by atoms with Gasteiger partial charge in [0.25, 0.3) is 0 Å². The van der Waals surface area contributed by atoms with E-state index in [1.165, 1.54) is 7.11 Å². The van der Waals surface area contributed by atoms with Crippen molar-refractivity contribution < 1.29 is 28.5 Å². The molecule has 146 valence electrons. The Labute approximate surface area is 157 Å². The zero-order valence-electron chi connectivity index (χ0n) is 16.0. The number of benzene rings is 1. The van der Waals surface area contributed by atoms with E-state index in [-0.39, 0.29) is 24.1 Å². The van der Waals surface area contributed by atoms with Gasteiger partial charge < -0.3 is 29.6 Å². The van der Waals surface area contributed by atoms with Crippen LogP contribution in [0, 0.1) is 0 Å². The summed E-state index contributed by atoms with van der Waals surface area (Å²) in [5.41, 5.74) is 7.59. The summed E-state index contributed by atoms with van der Waals surface area (Å²) < 4.78 is 21.2. The van der Waals surface area contributed by atoms with Crippen LogP contribution in [0.3, 0.4) is 0 Å². The van der Waals surface area contributed by atoms with Gasteiger partial charge in [-0.3, -0.25) is 0 Å². The molecule has 0 fully saturated rings. The Kier molecular flexibility index (Phi) is 4.91. The first kappa shape index (κ1) is 18.9. The van der Waals surface area contributed by atoms with Crippen LogP contribution in [0.5, 0.6) is 11.5 Å². The van der Waals surface area contributed by atoms with E-state index >= 15 is 0 Å². The molecule has 2 N–H and O–H groups in total. The summed E-state index contributed by atoms with van der Waals surface area (Å²) in [6.45, 7) is 6.43. The van der Waals surface area contributed by atoms with Crippen molar-refractivity contribution in [2.45, 2.75) is 32.8 Å². The molecule has 0 saturated heterocycles.